The minimum absolute atomic E-state index is 0.204. The van der Waals surface area contributed by atoms with Crippen molar-refractivity contribution in [2.75, 3.05) is 6.54 Å². The maximum Gasteiger partial charge on any atom is 0.240 e. The molecule has 3 aromatic carbocycles. The number of halogens is 1. The van der Waals surface area contributed by atoms with Crippen molar-refractivity contribution in [1.82, 2.24) is 19.3 Å². The van der Waals surface area contributed by atoms with Crippen LogP contribution in [0.3, 0.4) is 0 Å². The monoisotopic (exact) mass is 452 g/mol. The van der Waals surface area contributed by atoms with Gasteiger partial charge in [0.25, 0.3) is 0 Å². The lowest BCUT2D eigenvalue weighted by Crippen LogP contribution is -2.26. The quantitative estimate of drug-likeness (QED) is 0.417. The van der Waals surface area contributed by atoms with E-state index in [0.717, 1.165) is 16.5 Å². The Bertz CT molecular complexity index is 1510. The van der Waals surface area contributed by atoms with Crippen molar-refractivity contribution in [1.29, 1.82) is 0 Å². The first-order valence-electron chi connectivity index (χ1n) is 9.58. The van der Waals surface area contributed by atoms with Crippen molar-refractivity contribution in [2.24, 2.45) is 0 Å². The predicted octanol–water partition coefficient (Wildman–Crippen LogP) is 4.27. The van der Waals surface area contributed by atoms with Crippen LogP contribution in [0.25, 0.3) is 27.1 Å². The zero-order valence-electron chi connectivity index (χ0n) is 16.2. The standard InChI is InChI=1S/C22H17FN4O2S2/c23-20-8-4-3-7-19(20)21-25-22-27(26-21)17(14-30-22)11-12-24-31(28,29)18-10-9-15-5-1-2-6-16(15)13-18/h1-10,13-14,24H,11-12H2. The van der Waals surface area contributed by atoms with E-state index in [9.17, 15) is 12.8 Å². The molecule has 0 spiro atoms. The van der Waals surface area contributed by atoms with Gasteiger partial charge in [0.05, 0.1) is 16.2 Å². The number of hydrogen-bond acceptors (Lipinski definition) is 5. The molecule has 0 bridgehead atoms. The van der Waals surface area contributed by atoms with Crippen molar-refractivity contribution in [3.8, 4) is 11.4 Å². The Morgan fingerprint density at radius 1 is 1.00 bits per heavy atom. The summed E-state index contributed by atoms with van der Waals surface area (Å²) in [5.41, 5.74) is 1.14. The molecule has 0 saturated carbocycles. The van der Waals surface area contributed by atoms with Gasteiger partial charge in [0, 0.05) is 18.3 Å². The lowest BCUT2D eigenvalue weighted by Gasteiger charge is -2.07. The number of fused-ring (bicyclic) bond motifs is 2. The van der Waals surface area contributed by atoms with E-state index in [1.165, 1.54) is 17.4 Å². The van der Waals surface area contributed by atoms with Crippen LogP contribution in [-0.4, -0.2) is 29.6 Å². The lowest BCUT2D eigenvalue weighted by atomic mass is 10.1. The van der Waals surface area contributed by atoms with Crippen LogP contribution in [-0.2, 0) is 16.4 Å². The Labute approximate surface area is 182 Å². The van der Waals surface area contributed by atoms with Crippen LogP contribution in [0.2, 0.25) is 0 Å². The minimum atomic E-state index is -3.64. The first-order valence-corrected chi connectivity index (χ1v) is 11.9. The maximum absolute atomic E-state index is 14.0. The molecule has 2 aromatic heterocycles. The molecule has 0 radical (unpaired) electrons. The van der Waals surface area contributed by atoms with Gasteiger partial charge in [-0.2, -0.15) is 4.98 Å². The number of rotatable bonds is 6. The Morgan fingerprint density at radius 3 is 2.61 bits per heavy atom. The van der Waals surface area contributed by atoms with E-state index in [2.05, 4.69) is 14.8 Å². The highest BCUT2D eigenvalue weighted by atomic mass is 32.2. The summed E-state index contributed by atoms with van der Waals surface area (Å²) in [5, 5.41) is 8.14. The van der Waals surface area contributed by atoms with Gasteiger partial charge in [0.1, 0.15) is 5.82 Å². The molecule has 0 atom stereocenters. The fourth-order valence-corrected chi connectivity index (χ4v) is 5.31. The van der Waals surface area contributed by atoms with Crippen molar-refractivity contribution in [3.05, 3.63) is 83.6 Å². The summed E-state index contributed by atoms with van der Waals surface area (Å²) >= 11 is 1.38. The summed E-state index contributed by atoms with van der Waals surface area (Å²) in [4.78, 5) is 5.25. The van der Waals surface area contributed by atoms with E-state index in [-0.39, 0.29) is 17.3 Å². The molecule has 0 fully saturated rings. The lowest BCUT2D eigenvalue weighted by molar-refractivity contribution is 0.581. The van der Waals surface area contributed by atoms with Crippen LogP contribution in [0, 0.1) is 5.82 Å². The first-order chi connectivity index (χ1) is 15.0. The molecule has 0 aliphatic carbocycles. The Balaban J connectivity index is 1.33. The summed E-state index contributed by atoms with van der Waals surface area (Å²) in [6.07, 6.45) is 0.423. The topological polar surface area (TPSA) is 76.4 Å². The second-order valence-corrected chi connectivity index (χ2v) is 9.60. The van der Waals surface area contributed by atoms with Crippen molar-refractivity contribution >= 4 is 37.1 Å². The number of hydrogen-bond donors (Lipinski definition) is 1. The van der Waals surface area contributed by atoms with E-state index < -0.39 is 10.0 Å². The van der Waals surface area contributed by atoms with Gasteiger partial charge in [-0.25, -0.2) is 22.0 Å². The van der Waals surface area contributed by atoms with E-state index in [1.807, 2.05) is 29.6 Å². The number of benzene rings is 3. The van der Waals surface area contributed by atoms with Crippen molar-refractivity contribution in [2.45, 2.75) is 11.3 Å². The first kappa shape index (κ1) is 19.8. The fourth-order valence-electron chi connectivity index (χ4n) is 3.38. The van der Waals surface area contributed by atoms with Gasteiger partial charge in [-0.1, -0.05) is 42.5 Å². The van der Waals surface area contributed by atoms with Crippen LogP contribution in [0.4, 0.5) is 4.39 Å². The highest BCUT2D eigenvalue weighted by Crippen LogP contribution is 2.23. The molecule has 5 aromatic rings. The maximum atomic E-state index is 14.0. The molecule has 1 N–H and O–H groups in total. The van der Waals surface area contributed by atoms with Crippen LogP contribution < -0.4 is 4.72 Å². The van der Waals surface area contributed by atoms with Gasteiger partial charge < -0.3 is 0 Å². The molecular weight excluding hydrogens is 435 g/mol. The van der Waals surface area contributed by atoms with Gasteiger partial charge in [0.2, 0.25) is 15.0 Å². The van der Waals surface area contributed by atoms with Crippen LogP contribution in [0.1, 0.15) is 5.69 Å². The van der Waals surface area contributed by atoms with Crippen LogP contribution in [0.5, 0.6) is 0 Å². The second kappa shape index (κ2) is 7.84. The van der Waals surface area contributed by atoms with E-state index in [0.29, 0.717) is 22.8 Å². The molecule has 0 saturated heterocycles. The van der Waals surface area contributed by atoms with Gasteiger partial charge >= 0.3 is 0 Å². The third-order valence-corrected chi connectivity index (χ3v) is 7.29. The molecule has 0 aliphatic rings. The molecule has 31 heavy (non-hydrogen) atoms. The third-order valence-electron chi connectivity index (χ3n) is 4.97. The largest absolute Gasteiger partial charge is 0.240 e. The highest BCUT2D eigenvalue weighted by Gasteiger charge is 2.16. The summed E-state index contributed by atoms with van der Waals surface area (Å²) in [5.74, 6) is -0.0756. The molecule has 0 aliphatic heterocycles. The van der Waals surface area contributed by atoms with Gasteiger partial charge in [0.15, 0.2) is 5.82 Å². The SMILES string of the molecule is O=S(=O)(NCCc1csc2nc(-c3ccccc3F)nn12)c1ccc2ccccc2c1. The van der Waals surface area contributed by atoms with Crippen LogP contribution in [0.15, 0.2) is 77.0 Å². The number of thiazole rings is 1. The Morgan fingerprint density at radius 2 is 1.77 bits per heavy atom. The molecule has 0 unspecified atom stereocenters. The molecule has 6 nitrogen and oxygen atoms in total. The zero-order chi connectivity index (χ0) is 21.4. The Hall–Kier alpha value is -3.14. The molecule has 156 valence electrons. The zero-order valence-corrected chi connectivity index (χ0v) is 17.8. The number of nitrogens with zero attached hydrogens (tertiary/aromatic N) is 3. The molecular formula is C22H17FN4O2S2. The third kappa shape index (κ3) is 3.83. The number of aromatic nitrogens is 3. The molecule has 9 heteroatoms. The van der Waals surface area contributed by atoms with Crippen molar-refractivity contribution < 1.29 is 12.8 Å². The van der Waals surface area contributed by atoms with Crippen LogP contribution >= 0.6 is 11.3 Å². The number of sulfonamides is 1. The average molecular weight is 453 g/mol. The van der Waals surface area contributed by atoms with E-state index in [1.54, 1.807) is 40.9 Å². The smallest absolute Gasteiger partial charge is 0.211 e. The van der Waals surface area contributed by atoms with E-state index in [4.69, 9.17) is 0 Å². The molecule has 2 heterocycles. The average Bonchev–Trinajstić information content (AvgIpc) is 3.35. The van der Waals surface area contributed by atoms with Crippen molar-refractivity contribution in [3.63, 3.8) is 0 Å². The van der Waals surface area contributed by atoms with Gasteiger partial charge in [-0.15, -0.1) is 16.4 Å². The summed E-state index contributed by atoms with van der Waals surface area (Å²) < 4.78 is 43.7. The highest BCUT2D eigenvalue weighted by molar-refractivity contribution is 7.89. The molecule has 5 rings (SSSR count). The fraction of sp³-hybridized carbons (Fsp3) is 0.0909. The summed E-state index contributed by atoms with van der Waals surface area (Å²) in [6, 6.07) is 19.0. The molecule has 0 amide bonds. The van der Waals surface area contributed by atoms with Gasteiger partial charge in [-0.05, 0) is 35.0 Å². The van der Waals surface area contributed by atoms with Gasteiger partial charge in [-0.3, -0.25) is 0 Å². The Kier molecular flexibility index (Phi) is 5.01. The summed E-state index contributed by atoms with van der Waals surface area (Å²) in [6.45, 7) is 0.204. The number of nitrogens with one attached hydrogen (secondary N) is 1. The predicted molar refractivity (Wildman–Crippen MR) is 119 cm³/mol. The normalized spacial score (nSPS) is 12.0. The van der Waals surface area contributed by atoms with E-state index >= 15 is 0 Å². The minimum Gasteiger partial charge on any atom is -0.211 e. The second-order valence-electron chi connectivity index (χ2n) is 6.99. The summed E-state index contributed by atoms with van der Waals surface area (Å²) in [7, 11) is -3.64.